The van der Waals surface area contributed by atoms with Crippen molar-refractivity contribution in [3.8, 4) is 5.75 Å². The first kappa shape index (κ1) is 14.0. The summed E-state index contributed by atoms with van der Waals surface area (Å²) >= 11 is 1.64. The molecule has 4 heteroatoms. The zero-order valence-corrected chi connectivity index (χ0v) is 12.6. The highest BCUT2D eigenvalue weighted by Gasteiger charge is 2.29. The smallest absolute Gasteiger partial charge is 0.234 e. The molecule has 1 aliphatic rings. The zero-order chi connectivity index (χ0) is 14.7. The second-order valence-corrected chi connectivity index (χ2v) is 6.46. The van der Waals surface area contributed by atoms with Gasteiger partial charge in [-0.1, -0.05) is 42.5 Å². The maximum Gasteiger partial charge on any atom is 0.234 e. The molecule has 1 fully saturated rings. The Kier molecular flexibility index (Phi) is 4.15. The number of benzene rings is 2. The number of hydrogen-bond acceptors (Lipinski definition) is 3. The van der Waals surface area contributed by atoms with Crippen molar-refractivity contribution >= 4 is 17.7 Å². The summed E-state index contributed by atoms with van der Waals surface area (Å²) in [5.74, 6) is 0.944. The molecular formula is C17H17NO2S. The second kappa shape index (κ2) is 6.22. The summed E-state index contributed by atoms with van der Waals surface area (Å²) in [7, 11) is 0. The van der Waals surface area contributed by atoms with Gasteiger partial charge in [-0.2, -0.15) is 0 Å². The molecule has 3 nitrogen and oxygen atoms in total. The third kappa shape index (κ3) is 3.39. The largest absolute Gasteiger partial charge is 0.489 e. The third-order valence-corrected chi connectivity index (χ3v) is 4.70. The maximum absolute atomic E-state index is 11.5. The van der Waals surface area contributed by atoms with Crippen LogP contribution in [-0.4, -0.2) is 11.2 Å². The van der Waals surface area contributed by atoms with Gasteiger partial charge in [0.05, 0.1) is 5.25 Å². The molecule has 2 aromatic carbocycles. The molecule has 1 saturated heterocycles. The Labute approximate surface area is 128 Å². The van der Waals surface area contributed by atoms with Gasteiger partial charge in [-0.15, -0.1) is 11.8 Å². The minimum atomic E-state index is 0.0176. The van der Waals surface area contributed by atoms with Crippen molar-refractivity contribution in [3.05, 3.63) is 65.7 Å². The fourth-order valence-corrected chi connectivity index (χ4v) is 3.29. The van der Waals surface area contributed by atoms with Crippen molar-refractivity contribution in [3.63, 3.8) is 0 Å². The van der Waals surface area contributed by atoms with Gasteiger partial charge in [0.2, 0.25) is 5.91 Å². The Morgan fingerprint density at radius 2 is 1.81 bits per heavy atom. The minimum Gasteiger partial charge on any atom is -0.489 e. The van der Waals surface area contributed by atoms with Crippen LogP contribution in [0, 0.1) is 0 Å². The number of rotatable bonds is 4. The van der Waals surface area contributed by atoms with Gasteiger partial charge in [-0.05, 0) is 30.2 Å². The molecule has 0 unspecified atom stereocenters. The fraction of sp³-hybridized carbons (Fsp3) is 0.235. The molecular weight excluding hydrogens is 282 g/mol. The molecule has 1 heterocycles. The summed E-state index contributed by atoms with van der Waals surface area (Å²) in [5.41, 5.74) is 2.25. The minimum absolute atomic E-state index is 0.0176. The highest BCUT2D eigenvalue weighted by atomic mass is 32.2. The SMILES string of the molecule is C[C@H]1S[C@@H](c2ccc(OCc3ccccc3)cc2)NC1=O. The lowest BCUT2D eigenvalue weighted by atomic mass is 10.2. The molecule has 2 aromatic rings. The van der Waals surface area contributed by atoms with Gasteiger partial charge in [-0.3, -0.25) is 4.79 Å². The predicted molar refractivity (Wildman–Crippen MR) is 85.2 cm³/mol. The monoisotopic (exact) mass is 299 g/mol. The first-order chi connectivity index (χ1) is 10.2. The molecule has 1 aliphatic heterocycles. The molecule has 3 rings (SSSR count). The summed E-state index contributed by atoms with van der Waals surface area (Å²) in [5, 5.41) is 3.05. The van der Waals surface area contributed by atoms with Crippen LogP contribution < -0.4 is 10.1 Å². The van der Waals surface area contributed by atoms with Crippen LogP contribution in [0.4, 0.5) is 0 Å². The quantitative estimate of drug-likeness (QED) is 0.939. The van der Waals surface area contributed by atoms with E-state index in [1.807, 2.05) is 61.5 Å². The van der Waals surface area contributed by atoms with Gasteiger partial charge in [0.25, 0.3) is 0 Å². The Morgan fingerprint density at radius 3 is 2.43 bits per heavy atom. The summed E-state index contributed by atoms with van der Waals surface area (Å²) in [6.45, 7) is 2.49. The second-order valence-electron chi connectivity index (χ2n) is 5.01. The number of hydrogen-bond donors (Lipinski definition) is 1. The topological polar surface area (TPSA) is 38.3 Å². The van der Waals surface area contributed by atoms with Crippen LogP contribution in [0.25, 0.3) is 0 Å². The zero-order valence-electron chi connectivity index (χ0n) is 11.8. The highest BCUT2D eigenvalue weighted by Crippen LogP contribution is 2.35. The van der Waals surface area contributed by atoms with Crippen molar-refractivity contribution in [2.24, 2.45) is 0 Å². The molecule has 0 bridgehead atoms. The van der Waals surface area contributed by atoms with E-state index in [1.165, 1.54) is 0 Å². The fourth-order valence-electron chi connectivity index (χ4n) is 2.19. The molecule has 2 atom stereocenters. The molecule has 0 spiro atoms. The number of carbonyl (C=O) groups is 1. The summed E-state index contributed by atoms with van der Waals surface area (Å²) in [6.07, 6.45) is 0. The van der Waals surface area contributed by atoms with Crippen LogP contribution >= 0.6 is 11.8 Å². The van der Waals surface area contributed by atoms with Crippen LogP contribution in [0.1, 0.15) is 23.4 Å². The number of thioether (sulfide) groups is 1. The van der Waals surface area contributed by atoms with Crippen molar-refractivity contribution in [1.82, 2.24) is 5.32 Å². The van der Waals surface area contributed by atoms with Crippen LogP contribution in [0.2, 0.25) is 0 Å². The Bertz CT molecular complexity index is 612. The van der Waals surface area contributed by atoms with Crippen molar-refractivity contribution in [2.45, 2.75) is 24.2 Å². The van der Waals surface area contributed by atoms with Gasteiger partial charge in [0, 0.05) is 0 Å². The van der Waals surface area contributed by atoms with Crippen molar-refractivity contribution in [2.75, 3.05) is 0 Å². The van der Waals surface area contributed by atoms with Crippen LogP contribution in [0.3, 0.4) is 0 Å². The molecule has 0 saturated carbocycles. The molecule has 21 heavy (non-hydrogen) atoms. The summed E-state index contributed by atoms with van der Waals surface area (Å²) in [6, 6.07) is 18.0. The predicted octanol–water partition coefficient (Wildman–Crippen LogP) is 3.52. The number of nitrogens with one attached hydrogen (secondary N) is 1. The van der Waals surface area contributed by atoms with E-state index in [0.717, 1.165) is 16.9 Å². The molecule has 1 amide bonds. The Hall–Kier alpha value is -1.94. The Morgan fingerprint density at radius 1 is 1.10 bits per heavy atom. The lowest BCUT2D eigenvalue weighted by Crippen LogP contribution is -2.22. The van der Waals surface area contributed by atoms with Gasteiger partial charge >= 0.3 is 0 Å². The first-order valence-corrected chi connectivity index (χ1v) is 7.89. The van der Waals surface area contributed by atoms with E-state index in [-0.39, 0.29) is 16.5 Å². The van der Waals surface area contributed by atoms with E-state index in [2.05, 4.69) is 5.32 Å². The standard InChI is InChI=1S/C17H17NO2S/c1-12-16(19)18-17(21-12)14-7-9-15(10-8-14)20-11-13-5-3-2-4-6-13/h2-10,12,17H,11H2,1H3,(H,18,19)/t12-,17+/m1/s1. The Balaban J connectivity index is 1.61. The van der Waals surface area contributed by atoms with E-state index in [0.29, 0.717) is 6.61 Å². The van der Waals surface area contributed by atoms with Gasteiger partial charge in [-0.25, -0.2) is 0 Å². The van der Waals surface area contributed by atoms with Gasteiger partial charge < -0.3 is 10.1 Å². The van der Waals surface area contributed by atoms with Crippen molar-refractivity contribution in [1.29, 1.82) is 0 Å². The number of ether oxygens (including phenoxy) is 1. The van der Waals surface area contributed by atoms with E-state index >= 15 is 0 Å². The molecule has 0 aromatic heterocycles. The summed E-state index contributed by atoms with van der Waals surface area (Å²) in [4.78, 5) is 11.5. The van der Waals surface area contributed by atoms with E-state index in [1.54, 1.807) is 11.8 Å². The van der Waals surface area contributed by atoms with Crippen LogP contribution in [0.5, 0.6) is 5.75 Å². The molecule has 0 radical (unpaired) electrons. The lowest BCUT2D eigenvalue weighted by molar-refractivity contribution is -0.119. The van der Waals surface area contributed by atoms with Gasteiger partial charge in [0.15, 0.2) is 0 Å². The number of amides is 1. The highest BCUT2D eigenvalue weighted by molar-refractivity contribution is 8.01. The summed E-state index contributed by atoms with van der Waals surface area (Å²) < 4.78 is 5.76. The van der Waals surface area contributed by atoms with E-state index in [9.17, 15) is 4.79 Å². The van der Waals surface area contributed by atoms with Crippen LogP contribution in [-0.2, 0) is 11.4 Å². The molecule has 0 aliphatic carbocycles. The average Bonchev–Trinajstić information content (AvgIpc) is 2.86. The third-order valence-electron chi connectivity index (χ3n) is 3.41. The van der Waals surface area contributed by atoms with E-state index < -0.39 is 0 Å². The lowest BCUT2D eigenvalue weighted by Gasteiger charge is -2.11. The van der Waals surface area contributed by atoms with Gasteiger partial charge in [0.1, 0.15) is 17.7 Å². The maximum atomic E-state index is 11.5. The normalized spacial score (nSPS) is 21.1. The first-order valence-electron chi connectivity index (χ1n) is 6.95. The molecule has 108 valence electrons. The van der Waals surface area contributed by atoms with E-state index in [4.69, 9.17) is 4.74 Å². The van der Waals surface area contributed by atoms with Crippen LogP contribution in [0.15, 0.2) is 54.6 Å². The molecule has 1 N–H and O–H groups in total. The number of carbonyl (C=O) groups excluding carboxylic acids is 1. The average molecular weight is 299 g/mol. The van der Waals surface area contributed by atoms with Crippen molar-refractivity contribution < 1.29 is 9.53 Å².